The van der Waals surface area contributed by atoms with Crippen LogP contribution in [-0.4, -0.2) is 38.4 Å². The van der Waals surface area contributed by atoms with Gasteiger partial charge in [0.1, 0.15) is 6.26 Å². The summed E-state index contributed by atoms with van der Waals surface area (Å²) in [6.45, 7) is 7.75. The highest BCUT2D eigenvalue weighted by molar-refractivity contribution is 5.92. The second-order valence-corrected chi connectivity index (χ2v) is 6.95. The van der Waals surface area contributed by atoms with Gasteiger partial charge in [-0.05, 0) is 24.7 Å². The lowest BCUT2D eigenvalue weighted by Gasteiger charge is -2.31. The van der Waals surface area contributed by atoms with Crippen molar-refractivity contribution in [2.45, 2.75) is 46.1 Å². The number of hydrogen-bond acceptors (Lipinski definition) is 5. The van der Waals surface area contributed by atoms with Gasteiger partial charge >= 0.3 is 0 Å². The largest absolute Gasteiger partial charge is 0.448 e. The number of amides is 1. The first-order valence-electron chi connectivity index (χ1n) is 8.72. The molecule has 0 spiro atoms. The molecule has 1 aliphatic rings. The van der Waals surface area contributed by atoms with E-state index < -0.39 is 0 Å². The van der Waals surface area contributed by atoms with Gasteiger partial charge in [-0.25, -0.2) is 9.97 Å². The van der Waals surface area contributed by atoms with Crippen molar-refractivity contribution >= 4 is 5.91 Å². The molecular formula is C18H24N4O3. The van der Waals surface area contributed by atoms with Crippen molar-refractivity contribution in [1.82, 2.24) is 19.4 Å². The van der Waals surface area contributed by atoms with Crippen LogP contribution in [0.5, 0.6) is 0 Å². The fourth-order valence-electron chi connectivity index (χ4n) is 3.11. The van der Waals surface area contributed by atoms with Crippen molar-refractivity contribution in [3.05, 3.63) is 46.3 Å². The van der Waals surface area contributed by atoms with Crippen LogP contribution in [0.1, 0.15) is 54.7 Å². The molecule has 1 amide bonds. The molecule has 1 saturated heterocycles. The van der Waals surface area contributed by atoms with Crippen LogP contribution in [0.3, 0.4) is 0 Å². The number of hydrogen-bond donors (Lipinski definition) is 0. The van der Waals surface area contributed by atoms with Gasteiger partial charge in [-0.2, -0.15) is 0 Å². The molecule has 7 nitrogen and oxygen atoms in total. The van der Waals surface area contributed by atoms with Crippen molar-refractivity contribution in [2.24, 2.45) is 5.92 Å². The molecule has 0 aliphatic carbocycles. The minimum atomic E-state index is -0.0876. The van der Waals surface area contributed by atoms with E-state index in [1.807, 2.05) is 13.8 Å². The Balaban J connectivity index is 1.58. The maximum absolute atomic E-state index is 12.4. The van der Waals surface area contributed by atoms with E-state index in [2.05, 4.69) is 9.97 Å². The monoisotopic (exact) mass is 344 g/mol. The second-order valence-electron chi connectivity index (χ2n) is 6.95. The second kappa shape index (κ2) is 7.21. The Hall–Kier alpha value is -2.44. The molecule has 0 bridgehead atoms. The van der Waals surface area contributed by atoms with Crippen LogP contribution in [0.25, 0.3) is 0 Å². The molecule has 0 unspecified atom stereocenters. The summed E-state index contributed by atoms with van der Waals surface area (Å²) >= 11 is 0. The number of oxazole rings is 1. The number of rotatable bonds is 4. The van der Waals surface area contributed by atoms with Gasteiger partial charge in [0, 0.05) is 32.6 Å². The Morgan fingerprint density at radius 1 is 1.36 bits per heavy atom. The molecule has 1 aliphatic heterocycles. The molecule has 0 atom stereocenters. The summed E-state index contributed by atoms with van der Waals surface area (Å²) < 4.78 is 6.79. The van der Waals surface area contributed by atoms with E-state index in [9.17, 15) is 9.59 Å². The van der Waals surface area contributed by atoms with Crippen LogP contribution in [0.4, 0.5) is 0 Å². The first kappa shape index (κ1) is 17.4. The maximum atomic E-state index is 12.4. The van der Waals surface area contributed by atoms with Crippen molar-refractivity contribution in [3.63, 3.8) is 0 Å². The molecule has 2 aromatic rings. The van der Waals surface area contributed by atoms with Gasteiger partial charge in [0.25, 0.3) is 11.5 Å². The van der Waals surface area contributed by atoms with E-state index in [0.717, 1.165) is 18.5 Å². The van der Waals surface area contributed by atoms with Crippen LogP contribution in [-0.2, 0) is 6.54 Å². The van der Waals surface area contributed by atoms with Gasteiger partial charge in [0.15, 0.2) is 11.6 Å². The molecule has 0 saturated carbocycles. The van der Waals surface area contributed by atoms with Crippen LogP contribution >= 0.6 is 0 Å². The first-order valence-corrected chi connectivity index (χ1v) is 8.72. The summed E-state index contributed by atoms with van der Waals surface area (Å²) in [5.74, 6) is 1.02. The summed E-state index contributed by atoms with van der Waals surface area (Å²) in [5.41, 5.74) is 1.18. The number of carbonyl (C=O) groups is 1. The number of likely N-dealkylation sites (tertiary alicyclic amines) is 1. The van der Waals surface area contributed by atoms with E-state index in [1.54, 1.807) is 28.8 Å². The zero-order valence-corrected chi connectivity index (χ0v) is 14.9. The van der Waals surface area contributed by atoms with Crippen LogP contribution < -0.4 is 5.56 Å². The predicted octanol–water partition coefficient (Wildman–Crippen LogP) is 2.22. The molecule has 0 N–H and O–H groups in total. The highest BCUT2D eigenvalue weighted by Crippen LogP contribution is 2.20. The molecule has 2 aromatic heterocycles. The van der Waals surface area contributed by atoms with Crippen molar-refractivity contribution in [3.8, 4) is 0 Å². The molecule has 7 heteroatoms. The normalized spacial score (nSPS) is 15.8. The maximum Gasteiger partial charge on any atom is 0.275 e. The standard InChI is InChI=1S/C18H24N4O3/c1-12(2)15-8-17(23)22(11-19-15)9-14-4-6-21(7-5-14)18(24)16-10-25-13(3)20-16/h8,10-12,14H,4-7,9H2,1-3H3. The highest BCUT2D eigenvalue weighted by Gasteiger charge is 2.25. The van der Waals surface area contributed by atoms with Gasteiger partial charge in [-0.3, -0.25) is 14.2 Å². The van der Waals surface area contributed by atoms with Crippen molar-refractivity contribution in [1.29, 1.82) is 0 Å². The van der Waals surface area contributed by atoms with Crippen LogP contribution in [0, 0.1) is 12.8 Å². The summed E-state index contributed by atoms with van der Waals surface area (Å²) in [5, 5.41) is 0. The van der Waals surface area contributed by atoms with Gasteiger partial charge < -0.3 is 9.32 Å². The molecule has 134 valence electrons. The van der Waals surface area contributed by atoms with Gasteiger partial charge in [0.2, 0.25) is 0 Å². The summed E-state index contributed by atoms with van der Waals surface area (Å²) in [6.07, 6.45) is 4.78. The number of nitrogens with zero attached hydrogens (tertiary/aromatic N) is 4. The highest BCUT2D eigenvalue weighted by atomic mass is 16.3. The molecule has 0 radical (unpaired) electrons. The fourth-order valence-corrected chi connectivity index (χ4v) is 3.11. The third-order valence-electron chi connectivity index (χ3n) is 4.69. The minimum absolute atomic E-state index is 0.00437. The molecule has 25 heavy (non-hydrogen) atoms. The lowest BCUT2D eigenvalue weighted by atomic mass is 9.96. The van der Waals surface area contributed by atoms with E-state index in [0.29, 0.717) is 37.1 Å². The fraction of sp³-hybridized carbons (Fsp3) is 0.556. The molecule has 3 heterocycles. The third kappa shape index (κ3) is 3.97. The Labute approximate surface area is 146 Å². The summed E-state index contributed by atoms with van der Waals surface area (Å²) in [6, 6.07) is 1.62. The van der Waals surface area contributed by atoms with E-state index in [1.165, 1.54) is 6.26 Å². The summed E-state index contributed by atoms with van der Waals surface area (Å²) in [4.78, 5) is 34.9. The quantitative estimate of drug-likeness (QED) is 0.849. The Kier molecular flexibility index (Phi) is 5.01. The Bertz CT molecular complexity index is 801. The van der Waals surface area contributed by atoms with E-state index in [-0.39, 0.29) is 17.4 Å². The topological polar surface area (TPSA) is 81.2 Å². The lowest BCUT2D eigenvalue weighted by Crippen LogP contribution is -2.40. The number of aryl methyl sites for hydroxylation is 1. The SMILES string of the molecule is Cc1nc(C(=O)N2CCC(Cn3cnc(C(C)C)cc3=O)CC2)co1. The number of carbonyl (C=O) groups excluding carboxylic acids is 1. The minimum Gasteiger partial charge on any atom is -0.448 e. The smallest absolute Gasteiger partial charge is 0.275 e. The zero-order valence-electron chi connectivity index (χ0n) is 14.9. The number of aromatic nitrogens is 3. The van der Waals surface area contributed by atoms with E-state index in [4.69, 9.17) is 4.42 Å². The average molecular weight is 344 g/mol. The Morgan fingerprint density at radius 2 is 2.08 bits per heavy atom. The van der Waals surface area contributed by atoms with Crippen LogP contribution in [0.2, 0.25) is 0 Å². The van der Waals surface area contributed by atoms with Crippen molar-refractivity contribution < 1.29 is 9.21 Å². The van der Waals surface area contributed by atoms with Crippen LogP contribution in [0.15, 0.2) is 27.9 Å². The lowest BCUT2D eigenvalue weighted by molar-refractivity contribution is 0.0676. The average Bonchev–Trinajstić information content (AvgIpc) is 3.03. The van der Waals surface area contributed by atoms with Crippen molar-refractivity contribution in [2.75, 3.05) is 13.1 Å². The molecule has 1 fully saturated rings. The first-order chi connectivity index (χ1) is 11.9. The summed E-state index contributed by atoms with van der Waals surface area (Å²) in [7, 11) is 0. The molecular weight excluding hydrogens is 320 g/mol. The molecule has 0 aromatic carbocycles. The Morgan fingerprint density at radius 3 is 2.64 bits per heavy atom. The predicted molar refractivity (Wildman–Crippen MR) is 92.5 cm³/mol. The van der Waals surface area contributed by atoms with E-state index >= 15 is 0 Å². The number of piperidine rings is 1. The zero-order chi connectivity index (χ0) is 18.0. The van der Waals surface area contributed by atoms with Gasteiger partial charge in [-0.1, -0.05) is 13.8 Å². The van der Waals surface area contributed by atoms with Gasteiger partial charge in [-0.15, -0.1) is 0 Å². The molecule has 3 rings (SSSR count). The third-order valence-corrected chi connectivity index (χ3v) is 4.69. The van der Waals surface area contributed by atoms with Gasteiger partial charge in [0.05, 0.1) is 12.0 Å².